The summed E-state index contributed by atoms with van der Waals surface area (Å²) in [6.45, 7) is 8.93. The summed E-state index contributed by atoms with van der Waals surface area (Å²) in [5.74, 6) is 0. The summed E-state index contributed by atoms with van der Waals surface area (Å²) in [6.07, 6.45) is 1.93. The van der Waals surface area contributed by atoms with E-state index in [1.165, 1.54) is 5.69 Å². The highest BCUT2D eigenvalue weighted by Gasteiger charge is 2.26. The number of rotatable bonds is 0. The van der Waals surface area contributed by atoms with E-state index in [1.54, 1.807) is 0 Å². The normalized spacial score (nSPS) is 16.7. The molecule has 3 heterocycles. The molecule has 0 aromatic carbocycles. The Balaban J connectivity index is 2.18. The van der Waals surface area contributed by atoms with Gasteiger partial charge in [-0.3, -0.25) is 0 Å². The molecule has 0 saturated heterocycles. The molecule has 1 aliphatic rings. The summed E-state index contributed by atoms with van der Waals surface area (Å²) in [5.41, 5.74) is 3.24. The van der Waals surface area contributed by atoms with Gasteiger partial charge >= 0.3 is 0 Å². The lowest BCUT2D eigenvalue weighted by molar-refractivity contribution is 0.128. The molecular weight excluding hydrogens is 226 g/mol. The fourth-order valence-electron chi connectivity index (χ4n) is 2.49. The van der Waals surface area contributed by atoms with E-state index in [0.29, 0.717) is 6.61 Å². The Bertz CT molecular complexity index is 568. The van der Waals surface area contributed by atoms with E-state index < -0.39 is 0 Å². The minimum atomic E-state index is 0.0775. The molecule has 0 aliphatic carbocycles. The van der Waals surface area contributed by atoms with Crippen LogP contribution in [-0.4, -0.2) is 28.7 Å². The monoisotopic (exact) mass is 245 g/mol. The lowest BCUT2D eigenvalue weighted by Gasteiger charge is -2.37. The molecule has 1 aliphatic heterocycles. The Morgan fingerprint density at radius 3 is 3.00 bits per heavy atom. The van der Waals surface area contributed by atoms with E-state index in [4.69, 9.17) is 4.74 Å². The van der Waals surface area contributed by atoms with Crippen LogP contribution in [0, 0.1) is 0 Å². The SMILES string of the molecule is CC(C)(C)N1CCOCc2nc3[nH]ccc3cc21. The van der Waals surface area contributed by atoms with Gasteiger partial charge in [0.25, 0.3) is 0 Å². The second kappa shape index (κ2) is 3.99. The molecule has 0 bridgehead atoms. The molecule has 1 N–H and O–H groups in total. The highest BCUT2D eigenvalue weighted by atomic mass is 16.5. The molecule has 96 valence electrons. The molecule has 0 saturated carbocycles. The number of pyridine rings is 1. The molecule has 0 amide bonds. The number of hydrogen-bond acceptors (Lipinski definition) is 3. The number of nitrogens with zero attached hydrogens (tertiary/aromatic N) is 2. The molecule has 3 rings (SSSR count). The lowest BCUT2D eigenvalue weighted by atomic mass is 10.0. The number of H-pyrrole nitrogens is 1. The Hall–Kier alpha value is -1.55. The second-order valence-corrected chi connectivity index (χ2v) is 5.74. The van der Waals surface area contributed by atoms with Crippen molar-refractivity contribution in [2.45, 2.75) is 32.9 Å². The van der Waals surface area contributed by atoms with Gasteiger partial charge in [0.1, 0.15) is 5.65 Å². The fourth-order valence-corrected chi connectivity index (χ4v) is 2.49. The number of hydrogen-bond donors (Lipinski definition) is 1. The summed E-state index contributed by atoms with van der Waals surface area (Å²) in [6, 6.07) is 4.28. The van der Waals surface area contributed by atoms with Crippen LogP contribution < -0.4 is 4.90 Å². The second-order valence-electron chi connectivity index (χ2n) is 5.74. The standard InChI is InChI=1S/C14H19N3O/c1-14(2,3)17-6-7-18-9-11-12(17)8-10-4-5-15-13(10)16-11/h4-5,8H,6-7,9H2,1-3H3,(H,15,16). The van der Waals surface area contributed by atoms with Crippen LogP contribution in [-0.2, 0) is 11.3 Å². The maximum Gasteiger partial charge on any atom is 0.137 e. The largest absolute Gasteiger partial charge is 0.373 e. The quantitative estimate of drug-likeness (QED) is 0.776. The van der Waals surface area contributed by atoms with Gasteiger partial charge in [0.15, 0.2) is 0 Å². The summed E-state index contributed by atoms with van der Waals surface area (Å²) in [7, 11) is 0. The van der Waals surface area contributed by atoms with Gasteiger partial charge in [-0.2, -0.15) is 0 Å². The van der Waals surface area contributed by atoms with Crippen molar-refractivity contribution in [1.82, 2.24) is 9.97 Å². The van der Waals surface area contributed by atoms with Gasteiger partial charge in [-0.1, -0.05) is 0 Å². The maximum absolute atomic E-state index is 5.65. The number of aromatic nitrogens is 2. The zero-order valence-corrected chi connectivity index (χ0v) is 11.2. The van der Waals surface area contributed by atoms with Gasteiger partial charge < -0.3 is 14.6 Å². The van der Waals surface area contributed by atoms with E-state index in [9.17, 15) is 0 Å². The van der Waals surface area contributed by atoms with Crippen molar-refractivity contribution in [2.75, 3.05) is 18.1 Å². The molecule has 0 radical (unpaired) electrons. The van der Waals surface area contributed by atoms with Crippen LogP contribution >= 0.6 is 0 Å². The number of aromatic amines is 1. The molecule has 0 spiro atoms. The molecule has 0 atom stereocenters. The van der Waals surface area contributed by atoms with E-state index in [0.717, 1.165) is 29.9 Å². The van der Waals surface area contributed by atoms with Gasteiger partial charge in [0.2, 0.25) is 0 Å². The summed E-state index contributed by atoms with van der Waals surface area (Å²) in [5, 5.41) is 1.16. The third-order valence-corrected chi connectivity index (χ3v) is 3.39. The fraction of sp³-hybridized carbons (Fsp3) is 0.500. The minimum absolute atomic E-state index is 0.0775. The van der Waals surface area contributed by atoms with E-state index >= 15 is 0 Å². The first-order valence-corrected chi connectivity index (χ1v) is 6.38. The zero-order chi connectivity index (χ0) is 12.8. The Morgan fingerprint density at radius 1 is 1.39 bits per heavy atom. The Kier molecular flexibility index (Phi) is 2.55. The average Bonchev–Trinajstić information content (AvgIpc) is 2.62. The Labute approximate surface area is 107 Å². The minimum Gasteiger partial charge on any atom is -0.373 e. The summed E-state index contributed by atoms with van der Waals surface area (Å²) >= 11 is 0. The predicted octanol–water partition coefficient (Wildman–Crippen LogP) is 2.70. The van der Waals surface area contributed by atoms with Gasteiger partial charge in [-0.15, -0.1) is 0 Å². The first-order chi connectivity index (χ1) is 8.55. The predicted molar refractivity (Wildman–Crippen MR) is 72.8 cm³/mol. The van der Waals surface area contributed by atoms with Gasteiger partial charge in [-0.25, -0.2) is 4.98 Å². The van der Waals surface area contributed by atoms with Gasteiger partial charge in [0, 0.05) is 23.7 Å². The molecule has 0 fully saturated rings. The molecule has 2 aromatic heterocycles. The summed E-state index contributed by atoms with van der Waals surface area (Å²) < 4.78 is 5.65. The molecule has 2 aromatic rings. The van der Waals surface area contributed by atoms with Crippen molar-refractivity contribution in [2.24, 2.45) is 0 Å². The molecule has 0 unspecified atom stereocenters. The maximum atomic E-state index is 5.65. The average molecular weight is 245 g/mol. The van der Waals surface area contributed by atoms with Crippen LogP contribution in [0.25, 0.3) is 11.0 Å². The number of nitrogens with one attached hydrogen (secondary N) is 1. The topological polar surface area (TPSA) is 41.1 Å². The van der Waals surface area contributed by atoms with Crippen LogP contribution in [0.3, 0.4) is 0 Å². The third kappa shape index (κ3) is 1.86. The van der Waals surface area contributed by atoms with Crippen LogP contribution in [0.15, 0.2) is 18.3 Å². The van der Waals surface area contributed by atoms with Crippen molar-refractivity contribution in [3.8, 4) is 0 Å². The van der Waals surface area contributed by atoms with E-state index in [2.05, 4.69) is 47.8 Å². The molecule has 18 heavy (non-hydrogen) atoms. The highest BCUT2D eigenvalue weighted by Crippen LogP contribution is 2.31. The number of fused-ring (bicyclic) bond motifs is 2. The first kappa shape index (κ1) is 11.5. The summed E-state index contributed by atoms with van der Waals surface area (Å²) in [4.78, 5) is 10.2. The van der Waals surface area contributed by atoms with Crippen molar-refractivity contribution in [3.05, 3.63) is 24.0 Å². The van der Waals surface area contributed by atoms with Crippen molar-refractivity contribution >= 4 is 16.7 Å². The third-order valence-electron chi connectivity index (χ3n) is 3.39. The van der Waals surface area contributed by atoms with Crippen molar-refractivity contribution < 1.29 is 4.74 Å². The zero-order valence-electron chi connectivity index (χ0n) is 11.2. The molecule has 4 nitrogen and oxygen atoms in total. The Morgan fingerprint density at radius 2 is 2.22 bits per heavy atom. The highest BCUT2D eigenvalue weighted by molar-refractivity contribution is 5.80. The van der Waals surface area contributed by atoms with E-state index in [-0.39, 0.29) is 5.54 Å². The van der Waals surface area contributed by atoms with Gasteiger partial charge in [0.05, 0.1) is 24.6 Å². The van der Waals surface area contributed by atoms with Crippen LogP contribution in [0.2, 0.25) is 0 Å². The van der Waals surface area contributed by atoms with Crippen LogP contribution in [0.5, 0.6) is 0 Å². The van der Waals surface area contributed by atoms with Crippen LogP contribution in [0.1, 0.15) is 26.5 Å². The van der Waals surface area contributed by atoms with Gasteiger partial charge in [-0.05, 0) is 32.9 Å². The van der Waals surface area contributed by atoms with Crippen molar-refractivity contribution in [1.29, 1.82) is 0 Å². The molecule has 4 heteroatoms. The first-order valence-electron chi connectivity index (χ1n) is 6.38. The smallest absolute Gasteiger partial charge is 0.137 e. The van der Waals surface area contributed by atoms with Crippen molar-refractivity contribution in [3.63, 3.8) is 0 Å². The number of ether oxygens (including phenoxy) is 1. The number of anilines is 1. The van der Waals surface area contributed by atoms with E-state index in [1.807, 2.05) is 6.20 Å². The lowest BCUT2D eigenvalue weighted by Crippen LogP contribution is -2.43. The van der Waals surface area contributed by atoms with Crippen LogP contribution in [0.4, 0.5) is 5.69 Å². The molecular formula is C14H19N3O.